The van der Waals surface area contributed by atoms with Crippen molar-refractivity contribution in [2.45, 2.75) is 33.3 Å². The van der Waals surface area contributed by atoms with Gasteiger partial charge in [0.15, 0.2) is 0 Å². The van der Waals surface area contributed by atoms with Crippen LogP contribution in [0.3, 0.4) is 0 Å². The molecule has 0 saturated carbocycles. The molecular formula is C13H14F2N2O2. The lowest BCUT2D eigenvalue weighted by molar-refractivity contribution is 0.118. The van der Waals surface area contributed by atoms with Crippen molar-refractivity contribution in [2.24, 2.45) is 10.1 Å². The van der Waals surface area contributed by atoms with E-state index in [1.165, 1.54) is 24.3 Å². The molecule has 0 aliphatic heterocycles. The molecule has 0 amide bonds. The van der Waals surface area contributed by atoms with Gasteiger partial charge in [0.1, 0.15) is 6.61 Å². The number of hydrogen-bond acceptors (Lipinski definition) is 4. The zero-order valence-electron chi connectivity index (χ0n) is 10.7. The van der Waals surface area contributed by atoms with E-state index < -0.39 is 6.43 Å². The van der Waals surface area contributed by atoms with Crippen molar-refractivity contribution in [3.05, 3.63) is 29.3 Å². The molecule has 0 N–H and O–H groups in total. The number of nitrogens with zero attached hydrogens (tertiary/aromatic N) is 2. The number of alkyl halides is 2. The fourth-order valence-corrected chi connectivity index (χ4v) is 1.38. The number of benzene rings is 1. The lowest BCUT2D eigenvalue weighted by Gasteiger charge is -2.10. The van der Waals surface area contributed by atoms with Crippen LogP contribution in [0.4, 0.5) is 14.5 Å². The minimum Gasteiger partial charge on any atom is -0.391 e. The summed E-state index contributed by atoms with van der Waals surface area (Å²) in [7, 11) is 0. The number of carbonyl (C=O) groups excluding carboxylic acids is 1. The standard InChI is InChI=1S/C13H14F2N2O2/c1-3-9(2)17-19-7-11-10(13(14)15)5-4-6-12(11)16-8-18/h4-6,13H,3,7H2,1-2H3. The summed E-state index contributed by atoms with van der Waals surface area (Å²) in [6.45, 7) is 3.50. The second-order valence-electron chi connectivity index (χ2n) is 3.80. The van der Waals surface area contributed by atoms with Crippen LogP contribution >= 0.6 is 0 Å². The van der Waals surface area contributed by atoms with Crippen LogP contribution < -0.4 is 0 Å². The number of aliphatic imine (C=N–C) groups is 1. The first-order valence-corrected chi connectivity index (χ1v) is 5.73. The molecule has 0 bridgehead atoms. The third-order valence-electron chi connectivity index (χ3n) is 2.53. The van der Waals surface area contributed by atoms with E-state index in [-0.39, 0.29) is 23.4 Å². The van der Waals surface area contributed by atoms with Crippen LogP contribution in [0.1, 0.15) is 37.8 Å². The maximum Gasteiger partial charge on any atom is 0.264 e. The van der Waals surface area contributed by atoms with Crippen LogP contribution in [-0.4, -0.2) is 11.8 Å². The molecule has 1 rings (SSSR count). The second-order valence-corrected chi connectivity index (χ2v) is 3.80. The van der Waals surface area contributed by atoms with Crippen molar-refractivity contribution in [1.29, 1.82) is 0 Å². The van der Waals surface area contributed by atoms with Gasteiger partial charge in [0, 0.05) is 11.1 Å². The summed E-state index contributed by atoms with van der Waals surface area (Å²) in [5.74, 6) is 0. The van der Waals surface area contributed by atoms with Crippen molar-refractivity contribution in [3.8, 4) is 0 Å². The monoisotopic (exact) mass is 268 g/mol. The van der Waals surface area contributed by atoms with E-state index in [1.807, 2.05) is 6.92 Å². The van der Waals surface area contributed by atoms with Crippen LogP contribution in [-0.2, 0) is 16.2 Å². The summed E-state index contributed by atoms with van der Waals surface area (Å²) in [5, 5.41) is 3.77. The summed E-state index contributed by atoms with van der Waals surface area (Å²) in [4.78, 5) is 18.7. The molecule has 0 saturated heterocycles. The summed E-state index contributed by atoms with van der Waals surface area (Å²) < 4.78 is 25.7. The van der Waals surface area contributed by atoms with E-state index in [1.54, 1.807) is 6.92 Å². The molecule has 0 aliphatic rings. The Labute approximate surface area is 109 Å². The Bertz CT molecular complexity index is 509. The highest BCUT2D eigenvalue weighted by Crippen LogP contribution is 2.30. The van der Waals surface area contributed by atoms with Gasteiger partial charge in [-0.25, -0.2) is 13.6 Å². The van der Waals surface area contributed by atoms with E-state index in [0.29, 0.717) is 6.42 Å². The first-order chi connectivity index (χ1) is 9.10. The Morgan fingerprint density at radius 3 is 2.79 bits per heavy atom. The van der Waals surface area contributed by atoms with Crippen molar-refractivity contribution < 1.29 is 18.4 Å². The van der Waals surface area contributed by atoms with E-state index in [2.05, 4.69) is 10.1 Å². The maximum absolute atomic E-state index is 12.9. The van der Waals surface area contributed by atoms with Gasteiger partial charge in [0.25, 0.3) is 6.43 Å². The van der Waals surface area contributed by atoms with Gasteiger partial charge in [-0.1, -0.05) is 24.2 Å². The van der Waals surface area contributed by atoms with Gasteiger partial charge >= 0.3 is 0 Å². The first kappa shape index (κ1) is 15.0. The smallest absolute Gasteiger partial charge is 0.264 e. The SMILES string of the molecule is CCC(C)=NOCc1c(N=C=O)cccc1C(F)F. The summed E-state index contributed by atoms with van der Waals surface area (Å²) in [5.41, 5.74) is 0.793. The molecule has 0 atom stereocenters. The third-order valence-corrected chi connectivity index (χ3v) is 2.53. The number of hydrogen-bond donors (Lipinski definition) is 0. The normalized spacial score (nSPS) is 11.3. The van der Waals surface area contributed by atoms with Crippen molar-refractivity contribution in [2.75, 3.05) is 0 Å². The van der Waals surface area contributed by atoms with Gasteiger partial charge in [-0.05, 0) is 19.4 Å². The molecule has 1 aromatic rings. The fourth-order valence-electron chi connectivity index (χ4n) is 1.38. The predicted octanol–water partition coefficient (Wildman–Crippen LogP) is 3.89. The number of halogens is 2. The maximum atomic E-state index is 12.9. The Kier molecular flexibility index (Phi) is 5.82. The molecule has 19 heavy (non-hydrogen) atoms. The largest absolute Gasteiger partial charge is 0.391 e. The summed E-state index contributed by atoms with van der Waals surface area (Å²) in [6, 6.07) is 4.12. The average Bonchev–Trinajstić information content (AvgIpc) is 2.40. The van der Waals surface area contributed by atoms with Gasteiger partial charge in [0.2, 0.25) is 6.08 Å². The van der Waals surface area contributed by atoms with Crippen LogP contribution in [0, 0.1) is 0 Å². The average molecular weight is 268 g/mol. The highest BCUT2D eigenvalue weighted by Gasteiger charge is 2.16. The lowest BCUT2D eigenvalue weighted by Crippen LogP contribution is -1.98. The topological polar surface area (TPSA) is 51.0 Å². The van der Waals surface area contributed by atoms with Gasteiger partial charge < -0.3 is 4.84 Å². The summed E-state index contributed by atoms with van der Waals surface area (Å²) in [6.07, 6.45) is -0.626. The molecule has 0 aromatic heterocycles. The molecule has 0 unspecified atom stereocenters. The molecule has 0 aliphatic carbocycles. The van der Waals surface area contributed by atoms with Crippen LogP contribution in [0.25, 0.3) is 0 Å². The van der Waals surface area contributed by atoms with E-state index in [9.17, 15) is 13.6 Å². The zero-order valence-corrected chi connectivity index (χ0v) is 10.7. The van der Waals surface area contributed by atoms with Gasteiger partial charge in [-0.15, -0.1) is 0 Å². The van der Waals surface area contributed by atoms with Gasteiger partial charge in [0.05, 0.1) is 11.4 Å². The Morgan fingerprint density at radius 2 is 2.21 bits per heavy atom. The molecule has 0 spiro atoms. The number of rotatable bonds is 6. The fraction of sp³-hybridized carbons (Fsp3) is 0.385. The van der Waals surface area contributed by atoms with Crippen molar-refractivity contribution in [1.82, 2.24) is 0 Å². The van der Waals surface area contributed by atoms with Crippen molar-refractivity contribution in [3.63, 3.8) is 0 Å². The van der Waals surface area contributed by atoms with Crippen LogP contribution in [0.2, 0.25) is 0 Å². The Hall–Kier alpha value is -2.07. The highest BCUT2D eigenvalue weighted by molar-refractivity contribution is 5.80. The first-order valence-electron chi connectivity index (χ1n) is 5.73. The molecule has 0 heterocycles. The van der Waals surface area contributed by atoms with Crippen LogP contribution in [0.5, 0.6) is 0 Å². The molecular weight excluding hydrogens is 254 g/mol. The summed E-state index contributed by atoms with van der Waals surface area (Å²) >= 11 is 0. The van der Waals surface area contributed by atoms with Gasteiger partial charge in [-0.2, -0.15) is 4.99 Å². The quantitative estimate of drug-likeness (QED) is 0.446. The molecule has 6 heteroatoms. The third kappa shape index (κ3) is 4.26. The molecule has 4 nitrogen and oxygen atoms in total. The van der Waals surface area contributed by atoms with Crippen molar-refractivity contribution >= 4 is 17.5 Å². The lowest BCUT2D eigenvalue weighted by atomic mass is 10.1. The minimum absolute atomic E-state index is 0.122. The Balaban J connectivity index is 3.04. The zero-order chi connectivity index (χ0) is 14.3. The predicted molar refractivity (Wildman–Crippen MR) is 67.4 cm³/mol. The molecule has 0 fully saturated rings. The Morgan fingerprint density at radius 1 is 1.47 bits per heavy atom. The minimum atomic E-state index is -2.67. The van der Waals surface area contributed by atoms with Crippen LogP contribution in [0.15, 0.2) is 28.3 Å². The van der Waals surface area contributed by atoms with E-state index >= 15 is 0 Å². The number of oxime groups is 1. The van der Waals surface area contributed by atoms with E-state index in [4.69, 9.17) is 4.84 Å². The molecule has 0 radical (unpaired) electrons. The van der Waals surface area contributed by atoms with Gasteiger partial charge in [-0.3, -0.25) is 0 Å². The molecule has 1 aromatic carbocycles. The number of isocyanates is 1. The van der Waals surface area contributed by atoms with E-state index in [0.717, 1.165) is 5.71 Å². The molecule has 102 valence electrons. The second kappa shape index (κ2) is 7.38. The highest BCUT2D eigenvalue weighted by atomic mass is 19.3.